The number of fused-ring (bicyclic) bond motifs is 1. The van der Waals surface area contributed by atoms with Gasteiger partial charge >= 0.3 is 0 Å². The number of hydrogen-bond acceptors (Lipinski definition) is 4. The fraction of sp³-hybridized carbons (Fsp3) is 0.500. The number of nitrogens with zero attached hydrogens (tertiary/aromatic N) is 2. The molecular formula is C18H25N3O2. The minimum Gasteiger partial charge on any atom is -0.489 e. The second-order valence-corrected chi connectivity index (χ2v) is 6.44. The molecule has 2 aliphatic rings. The fourth-order valence-electron chi connectivity index (χ4n) is 3.30. The maximum atomic E-state index is 12.1. The largest absolute Gasteiger partial charge is 0.489 e. The quantitative estimate of drug-likeness (QED) is 0.906. The maximum absolute atomic E-state index is 12.1. The van der Waals surface area contributed by atoms with Gasteiger partial charge in [0.25, 0.3) is 0 Å². The van der Waals surface area contributed by atoms with Gasteiger partial charge in [0.15, 0.2) is 0 Å². The van der Waals surface area contributed by atoms with Gasteiger partial charge in [0.2, 0.25) is 5.91 Å². The first-order chi connectivity index (χ1) is 11.2. The molecule has 124 valence electrons. The highest BCUT2D eigenvalue weighted by molar-refractivity contribution is 5.78. The average Bonchev–Trinajstić information content (AvgIpc) is 2.76. The standard InChI is InChI=1S/C18H25N3O2/c1-19-18(22)16-11-20(2)7-8-21(12-16)10-14-9-15-5-3-4-6-17(15)23-13-14/h3-6,9,16H,7-8,10-13H2,1-2H3,(H,19,22)/t16-/m0/s1. The van der Waals surface area contributed by atoms with Gasteiger partial charge in [-0.1, -0.05) is 18.2 Å². The van der Waals surface area contributed by atoms with E-state index in [1.165, 1.54) is 5.57 Å². The molecule has 5 heteroatoms. The van der Waals surface area contributed by atoms with Crippen LogP contribution in [0.1, 0.15) is 5.56 Å². The van der Waals surface area contributed by atoms with Crippen LogP contribution in [0.4, 0.5) is 0 Å². The molecule has 0 spiro atoms. The first kappa shape index (κ1) is 16.0. The van der Waals surface area contributed by atoms with Crippen LogP contribution in [0.3, 0.4) is 0 Å². The number of hydrogen-bond donors (Lipinski definition) is 1. The van der Waals surface area contributed by atoms with Crippen molar-refractivity contribution in [3.63, 3.8) is 0 Å². The maximum Gasteiger partial charge on any atom is 0.225 e. The Morgan fingerprint density at radius 3 is 2.96 bits per heavy atom. The minimum absolute atomic E-state index is 0.0184. The zero-order valence-electron chi connectivity index (χ0n) is 13.9. The van der Waals surface area contributed by atoms with E-state index in [1.807, 2.05) is 18.2 Å². The molecule has 5 nitrogen and oxygen atoms in total. The predicted molar refractivity (Wildman–Crippen MR) is 91.4 cm³/mol. The molecule has 2 heterocycles. The summed E-state index contributed by atoms with van der Waals surface area (Å²) in [6, 6.07) is 8.11. The molecule has 0 bridgehead atoms. The topological polar surface area (TPSA) is 44.8 Å². The van der Waals surface area contributed by atoms with Crippen LogP contribution in [0, 0.1) is 5.92 Å². The zero-order valence-corrected chi connectivity index (χ0v) is 13.9. The van der Waals surface area contributed by atoms with Crippen molar-refractivity contribution in [2.45, 2.75) is 0 Å². The number of benzene rings is 1. The third-order valence-corrected chi connectivity index (χ3v) is 4.54. The zero-order chi connectivity index (χ0) is 16.2. The van der Waals surface area contributed by atoms with E-state index in [4.69, 9.17) is 4.74 Å². The average molecular weight is 315 g/mol. The van der Waals surface area contributed by atoms with Gasteiger partial charge in [-0.15, -0.1) is 0 Å². The van der Waals surface area contributed by atoms with E-state index in [1.54, 1.807) is 7.05 Å². The number of rotatable bonds is 3. The van der Waals surface area contributed by atoms with Gasteiger partial charge in [0.05, 0.1) is 5.92 Å². The second kappa shape index (κ2) is 7.15. The second-order valence-electron chi connectivity index (χ2n) is 6.44. The number of ether oxygens (including phenoxy) is 1. The molecule has 1 saturated heterocycles. The Hall–Kier alpha value is -1.85. The highest BCUT2D eigenvalue weighted by Crippen LogP contribution is 2.26. The van der Waals surface area contributed by atoms with Gasteiger partial charge in [-0.25, -0.2) is 0 Å². The molecule has 1 N–H and O–H groups in total. The van der Waals surface area contributed by atoms with Crippen LogP contribution in [0.2, 0.25) is 0 Å². The van der Waals surface area contributed by atoms with E-state index in [2.05, 4.69) is 34.3 Å². The molecule has 3 rings (SSSR count). The molecular weight excluding hydrogens is 290 g/mol. The monoisotopic (exact) mass is 315 g/mol. The van der Waals surface area contributed by atoms with Crippen LogP contribution in [0.25, 0.3) is 6.08 Å². The van der Waals surface area contributed by atoms with Gasteiger partial charge in [-0.3, -0.25) is 9.69 Å². The summed E-state index contributed by atoms with van der Waals surface area (Å²) in [6.07, 6.45) is 2.22. The normalized spacial score (nSPS) is 22.5. The lowest BCUT2D eigenvalue weighted by molar-refractivity contribution is -0.125. The number of para-hydroxylation sites is 1. The molecule has 1 aromatic carbocycles. The number of nitrogens with one attached hydrogen (secondary N) is 1. The summed E-state index contributed by atoms with van der Waals surface area (Å²) in [6.45, 7) is 5.06. The summed E-state index contributed by atoms with van der Waals surface area (Å²) in [7, 11) is 3.80. The molecule has 2 aliphatic heterocycles. The Morgan fingerprint density at radius 1 is 1.30 bits per heavy atom. The lowest BCUT2D eigenvalue weighted by atomic mass is 10.1. The Morgan fingerprint density at radius 2 is 2.13 bits per heavy atom. The Kier molecular flexibility index (Phi) is 4.98. The van der Waals surface area contributed by atoms with Crippen molar-refractivity contribution in [2.75, 3.05) is 53.4 Å². The number of likely N-dealkylation sites (N-methyl/N-ethyl adjacent to an activating group) is 1. The third kappa shape index (κ3) is 3.92. The first-order valence-electron chi connectivity index (χ1n) is 8.19. The van der Waals surface area contributed by atoms with Gasteiger partial charge in [0, 0.05) is 45.3 Å². The van der Waals surface area contributed by atoms with Crippen LogP contribution in [-0.4, -0.2) is 69.1 Å². The summed E-state index contributed by atoms with van der Waals surface area (Å²) in [4.78, 5) is 16.7. The van der Waals surface area contributed by atoms with Crippen molar-refractivity contribution in [3.05, 3.63) is 35.4 Å². The van der Waals surface area contributed by atoms with Crippen LogP contribution in [0.5, 0.6) is 5.75 Å². The molecule has 0 unspecified atom stereocenters. The molecule has 0 radical (unpaired) electrons. The number of carbonyl (C=O) groups excluding carboxylic acids is 1. The fourth-order valence-corrected chi connectivity index (χ4v) is 3.30. The van der Waals surface area contributed by atoms with Crippen molar-refractivity contribution < 1.29 is 9.53 Å². The minimum atomic E-state index is 0.0184. The molecule has 0 saturated carbocycles. The summed E-state index contributed by atoms with van der Waals surface area (Å²) in [5.74, 6) is 1.10. The number of amides is 1. The van der Waals surface area contributed by atoms with Gasteiger partial charge in [0.1, 0.15) is 12.4 Å². The molecule has 23 heavy (non-hydrogen) atoms. The molecule has 1 fully saturated rings. The molecule has 1 aromatic rings. The van der Waals surface area contributed by atoms with Crippen molar-refractivity contribution in [1.29, 1.82) is 0 Å². The van der Waals surface area contributed by atoms with Gasteiger partial charge < -0.3 is 15.0 Å². The van der Waals surface area contributed by atoms with E-state index in [0.29, 0.717) is 6.61 Å². The summed E-state index contributed by atoms with van der Waals surface area (Å²) in [5, 5.41) is 2.79. The first-order valence-corrected chi connectivity index (χ1v) is 8.19. The molecule has 1 atom stereocenters. The van der Waals surface area contributed by atoms with E-state index in [9.17, 15) is 4.79 Å². The highest BCUT2D eigenvalue weighted by atomic mass is 16.5. The van der Waals surface area contributed by atoms with Gasteiger partial charge in [-0.05, 0) is 24.8 Å². The Balaban J connectivity index is 1.69. The molecule has 0 aromatic heterocycles. The summed E-state index contributed by atoms with van der Waals surface area (Å²) in [5.41, 5.74) is 2.41. The van der Waals surface area contributed by atoms with Crippen LogP contribution in [0.15, 0.2) is 29.8 Å². The SMILES string of the molecule is CNC(=O)[C@H]1CN(C)CCN(CC2=Cc3ccccc3OC2)C1. The smallest absolute Gasteiger partial charge is 0.225 e. The van der Waals surface area contributed by atoms with Crippen LogP contribution in [-0.2, 0) is 4.79 Å². The van der Waals surface area contributed by atoms with Crippen molar-refractivity contribution in [3.8, 4) is 5.75 Å². The summed E-state index contributed by atoms with van der Waals surface area (Å²) < 4.78 is 5.84. The highest BCUT2D eigenvalue weighted by Gasteiger charge is 2.26. The molecule has 0 aliphatic carbocycles. The lowest BCUT2D eigenvalue weighted by Gasteiger charge is -2.26. The van der Waals surface area contributed by atoms with Crippen LogP contribution >= 0.6 is 0 Å². The predicted octanol–water partition coefficient (Wildman–Crippen LogP) is 1.07. The number of carbonyl (C=O) groups is 1. The van der Waals surface area contributed by atoms with E-state index >= 15 is 0 Å². The van der Waals surface area contributed by atoms with Crippen molar-refractivity contribution >= 4 is 12.0 Å². The van der Waals surface area contributed by atoms with Crippen molar-refractivity contribution in [2.24, 2.45) is 5.92 Å². The molecule has 1 amide bonds. The Labute approximate surface area is 137 Å². The van der Waals surface area contributed by atoms with Gasteiger partial charge in [-0.2, -0.15) is 0 Å². The lowest BCUT2D eigenvalue weighted by Crippen LogP contribution is -2.40. The summed E-state index contributed by atoms with van der Waals surface area (Å²) >= 11 is 0. The third-order valence-electron chi connectivity index (χ3n) is 4.54. The Bertz CT molecular complexity index is 600. The van der Waals surface area contributed by atoms with E-state index in [-0.39, 0.29) is 11.8 Å². The van der Waals surface area contributed by atoms with E-state index in [0.717, 1.165) is 44.0 Å². The van der Waals surface area contributed by atoms with Crippen molar-refractivity contribution in [1.82, 2.24) is 15.1 Å². The van der Waals surface area contributed by atoms with E-state index < -0.39 is 0 Å². The van der Waals surface area contributed by atoms with Crippen LogP contribution < -0.4 is 10.1 Å².